The summed E-state index contributed by atoms with van der Waals surface area (Å²) in [5, 5.41) is 0. The van der Waals surface area contributed by atoms with Gasteiger partial charge in [0.15, 0.2) is 0 Å². The summed E-state index contributed by atoms with van der Waals surface area (Å²) in [6, 6.07) is 0. The third kappa shape index (κ3) is 4.00. The molecule has 0 saturated carbocycles. The van der Waals surface area contributed by atoms with Gasteiger partial charge in [0.05, 0.1) is 0 Å². The van der Waals surface area contributed by atoms with Gasteiger partial charge in [0.25, 0.3) is 0 Å². The van der Waals surface area contributed by atoms with Crippen molar-refractivity contribution in [3.8, 4) is 0 Å². The molecule has 0 bridgehead atoms. The lowest BCUT2D eigenvalue weighted by Crippen LogP contribution is -1.66. The summed E-state index contributed by atoms with van der Waals surface area (Å²) in [6.45, 7) is 10.3. The van der Waals surface area contributed by atoms with Crippen LogP contribution in [0.4, 0.5) is 0 Å². The van der Waals surface area contributed by atoms with Crippen molar-refractivity contribution in [2.45, 2.75) is 25.7 Å². The minimum Gasteiger partial charge on any atom is -0.0533 e. The minimum absolute atomic E-state index is 0.565. The molecule has 0 rings (SSSR count). The minimum atomic E-state index is 0.565. The highest BCUT2D eigenvalue weighted by molar-refractivity contribution is 4.43. The van der Waals surface area contributed by atoms with Gasteiger partial charge in [0.1, 0.15) is 0 Å². The van der Waals surface area contributed by atoms with Gasteiger partial charge < -0.3 is 0 Å². The van der Waals surface area contributed by atoms with Crippen LogP contribution in [0.2, 0.25) is 0 Å². The highest BCUT2D eigenvalue weighted by atomic mass is 13.8. The Hall–Kier alpha value is 0. The third-order valence-electron chi connectivity index (χ3n) is 0.677. The van der Waals surface area contributed by atoms with Gasteiger partial charge in [-0.25, -0.2) is 0 Å². The quantitative estimate of drug-likeness (QED) is 0.456. The van der Waals surface area contributed by atoms with E-state index in [1.54, 1.807) is 0 Å². The number of unbranched alkanes of at least 4 members (excludes halogenated alkanes) is 3. The molecule has 34 valence electrons. The van der Waals surface area contributed by atoms with Crippen LogP contribution >= 0.6 is 0 Å². The van der Waals surface area contributed by atoms with Crippen molar-refractivity contribution in [2.24, 2.45) is 0 Å². The van der Waals surface area contributed by atoms with Gasteiger partial charge in [-0.3, -0.25) is 0 Å². The van der Waals surface area contributed by atoms with E-state index in [1.165, 1.54) is 0 Å². The monoisotopic (exact) mass is 82.1 g/mol. The lowest BCUT2D eigenvalue weighted by atomic mass is 10.2. The van der Waals surface area contributed by atoms with Gasteiger partial charge in [-0.05, 0) is 13.3 Å². The first-order valence-electron chi connectivity index (χ1n) is 2.35. The van der Waals surface area contributed by atoms with Crippen molar-refractivity contribution in [1.82, 2.24) is 0 Å². The summed E-state index contributed by atoms with van der Waals surface area (Å²) in [7, 11) is 0. The Balaban J connectivity index is 2.34. The second-order valence-electron chi connectivity index (χ2n) is 1.31. The molecule has 0 heterocycles. The van der Waals surface area contributed by atoms with E-state index in [0.29, 0.717) is 6.42 Å². The molecule has 0 aromatic rings. The molecule has 0 saturated heterocycles. The fourth-order valence-electron chi connectivity index (χ4n) is 0.302. The maximum atomic E-state index is 6.68. The molecule has 0 N–H and O–H groups in total. The molecule has 0 aromatic heterocycles. The predicted octanol–water partition coefficient (Wildman–Crippen LogP) is 1.97. The summed E-state index contributed by atoms with van der Waals surface area (Å²) < 4.78 is 0. The number of hydrogen-bond donors (Lipinski definition) is 0. The van der Waals surface area contributed by atoms with Crippen LogP contribution in [0.5, 0.6) is 0 Å². The Morgan fingerprint density at radius 2 is 2.00 bits per heavy atom. The zero-order valence-electron chi connectivity index (χ0n) is 4.04. The van der Waals surface area contributed by atoms with Crippen molar-refractivity contribution < 1.29 is 0 Å². The van der Waals surface area contributed by atoms with Crippen molar-refractivity contribution in [2.75, 3.05) is 0 Å². The Morgan fingerprint density at radius 3 is 2.17 bits per heavy atom. The summed E-state index contributed by atoms with van der Waals surface area (Å²) >= 11 is 0. The van der Waals surface area contributed by atoms with Crippen LogP contribution < -0.4 is 0 Å². The van der Waals surface area contributed by atoms with E-state index >= 15 is 0 Å². The number of hydrogen-bond acceptors (Lipinski definition) is 0. The van der Waals surface area contributed by atoms with Crippen LogP contribution in [0, 0.1) is 13.8 Å². The van der Waals surface area contributed by atoms with Gasteiger partial charge in [-0.2, -0.15) is 0 Å². The second kappa shape index (κ2) is 5.00. The lowest BCUT2D eigenvalue weighted by molar-refractivity contribution is 0.759. The lowest BCUT2D eigenvalue weighted by Gasteiger charge is -1.85. The first-order valence-corrected chi connectivity index (χ1v) is 2.35. The average Bonchev–Trinajstić information content (AvgIpc) is 1.61. The van der Waals surface area contributed by atoms with E-state index < -0.39 is 0 Å². The molecule has 0 unspecified atom stereocenters. The zero-order chi connectivity index (χ0) is 4.83. The van der Waals surface area contributed by atoms with Crippen LogP contribution in [0.15, 0.2) is 0 Å². The molecule has 0 aliphatic rings. The van der Waals surface area contributed by atoms with E-state index in [0.717, 1.165) is 19.3 Å². The Labute approximate surface area is 40.6 Å². The molecule has 6 heavy (non-hydrogen) atoms. The topological polar surface area (TPSA) is 0 Å². The van der Waals surface area contributed by atoms with Crippen molar-refractivity contribution in [1.29, 1.82) is 0 Å². The predicted molar refractivity (Wildman–Crippen MR) is 27.1 cm³/mol. The van der Waals surface area contributed by atoms with Crippen LogP contribution in [0.3, 0.4) is 0 Å². The van der Waals surface area contributed by atoms with Crippen LogP contribution in [0.25, 0.3) is 0 Å². The first kappa shape index (κ1) is 6.00. The fourth-order valence-corrected chi connectivity index (χ4v) is 0.302. The SMILES string of the molecule is [C]CCCC[CH2]. The molecule has 0 spiro atoms. The fraction of sp³-hybridized carbons (Fsp3) is 0.667. The standard InChI is InChI=1S/C6H10/c1-3-5-6-4-2/h1,3-6H2. The molecule has 4 radical (unpaired) electrons. The number of rotatable bonds is 3. The summed E-state index contributed by atoms with van der Waals surface area (Å²) in [6.07, 6.45) is 3.68. The Kier molecular flexibility index (Phi) is 5.00. The van der Waals surface area contributed by atoms with E-state index in [-0.39, 0.29) is 0 Å². The van der Waals surface area contributed by atoms with E-state index in [2.05, 4.69) is 6.92 Å². The maximum Gasteiger partial charge on any atom is -0.00936 e. The van der Waals surface area contributed by atoms with Gasteiger partial charge in [-0.15, -0.1) is 0 Å². The average molecular weight is 82.1 g/mol. The Morgan fingerprint density at radius 1 is 1.33 bits per heavy atom. The maximum absolute atomic E-state index is 6.68. The highest BCUT2D eigenvalue weighted by Gasteiger charge is 1.76. The summed E-state index contributed by atoms with van der Waals surface area (Å²) in [4.78, 5) is 0. The zero-order valence-corrected chi connectivity index (χ0v) is 4.04. The van der Waals surface area contributed by atoms with Crippen LogP contribution in [-0.4, -0.2) is 0 Å². The van der Waals surface area contributed by atoms with Crippen molar-refractivity contribution >= 4 is 0 Å². The van der Waals surface area contributed by atoms with E-state index in [9.17, 15) is 0 Å². The van der Waals surface area contributed by atoms with Gasteiger partial charge >= 0.3 is 0 Å². The molecule has 0 nitrogen and oxygen atoms in total. The molecule has 0 aromatic carbocycles. The van der Waals surface area contributed by atoms with Crippen molar-refractivity contribution in [3.05, 3.63) is 13.8 Å². The summed E-state index contributed by atoms with van der Waals surface area (Å²) in [5.41, 5.74) is 0. The van der Waals surface area contributed by atoms with Gasteiger partial charge in [0, 0.05) is 0 Å². The first-order chi connectivity index (χ1) is 2.91. The molecule has 0 aliphatic carbocycles. The molecule has 0 atom stereocenters. The smallest absolute Gasteiger partial charge is 0.00936 e. The van der Waals surface area contributed by atoms with E-state index in [1.807, 2.05) is 0 Å². The third-order valence-corrected chi connectivity index (χ3v) is 0.677. The van der Waals surface area contributed by atoms with Gasteiger partial charge in [-0.1, -0.05) is 26.2 Å². The molecule has 0 heteroatoms. The Bertz CT molecular complexity index is 12.0. The highest BCUT2D eigenvalue weighted by Crippen LogP contribution is 1.94. The molecular weight excluding hydrogens is 72.1 g/mol. The van der Waals surface area contributed by atoms with Crippen LogP contribution in [0.1, 0.15) is 25.7 Å². The van der Waals surface area contributed by atoms with Gasteiger partial charge in [0.2, 0.25) is 0 Å². The van der Waals surface area contributed by atoms with Crippen LogP contribution in [-0.2, 0) is 0 Å². The largest absolute Gasteiger partial charge is 0.0533 e. The second-order valence-corrected chi connectivity index (χ2v) is 1.31. The normalized spacial score (nSPS) is 9.00. The molecule has 0 fully saturated rings. The van der Waals surface area contributed by atoms with E-state index in [4.69, 9.17) is 6.92 Å². The van der Waals surface area contributed by atoms with Crippen molar-refractivity contribution in [3.63, 3.8) is 0 Å². The molecule has 0 aliphatic heterocycles. The molecular formula is C6H10. The summed E-state index contributed by atoms with van der Waals surface area (Å²) in [5.74, 6) is 0. The molecule has 0 amide bonds.